The first-order valence-electron chi connectivity index (χ1n) is 8.12. The first-order valence-corrected chi connectivity index (χ1v) is 10.5. The Labute approximate surface area is 161 Å². The summed E-state index contributed by atoms with van der Waals surface area (Å²) in [4.78, 5) is 17.4. The number of carbonyl (C=O) groups excluding carboxylic acids is 1. The van der Waals surface area contributed by atoms with E-state index in [9.17, 15) is 13.2 Å². The third-order valence-electron chi connectivity index (χ3n) is 3.94. The van der Waals surface area contributed by atoms with Crippen molar-refractivity contribution < 1.29 is 13.2 Å². The number of rotatable bonds is 5. The number of sulfone groups is 1. The van der Waals surface area contributed by atoms with Gasteiger partial charge >= 0.3 is 0 Å². The van der Waals surface area contributed by atoms with E-state index in [1.165, 1.54) is 23.5 Å². The lowest BCUT2D eigenvalue weighted by Gasteiger charge is -2.08. The summed E-state index contributed by atoms with van der Waals surface area (Å²) in [6.45, 7) is 5.10. The summed E-state index contributed by atoms with van der Waals surface area (Å²) in [6.07, 6.45) is 0. The quantitative estimate of drug-likeness (QED) is 0.669. The molecule has 0 bridgehead atoms. The van der Waals surface area contributed by atoms with Gasteiger partial charge in [0.05, 0.1) is 15.0 Å². The van der Waals surface area contributed by atoms with Crippen molar-refractivity contribution in [2.24, 2.45) is 0 Å². The second kappa shape index (κ2) is 7.12. The number of aromatic nitrogens is 3. The molecule has 0 saturated carbocycles. The maximum absolute atomic E-state index is 12.5. The first kappa shape index (κ1) is 19.1. The summed E-state index contributed by atoms with van der Waals surface area (Å²) in [5, 5.41) is 8.35. The number of hydrogen-bond acceptors (Lipinski definition) is 8. The average Bonchev–Trinajstić information content (AvgIpc) is 3.20. The number of thiophene rings is 1. The van der Waals surface area contributed by atoms with E-state index in [4.69, 9.17) is 5.73 Å². The second-order valence-electron chi connectivity index (χ2n) is 6.19. The van der Waals surface area contributed by atoms with E-state index in [-0.39, 0.29) is 22.7 Å². The Hall–Kier alpha value is -2.72. The minimum absolute atomic E-state index is 0.0331. The number of carbonyl (C=O) groups is 1. The minimum atomic E-state index is -3.34. The van der Waals surface area contributed by atoms with Crippen molar-refractivity contribution in [2.75, 3.05) is 11.1 Å². The zero-order valence-corrected chi connectivity index (χ0v) is 16.6. The van der Waals surface area contributed by atoms with E-state index in [0.29, 0.717) is 10.6 Å². The monoisotopic (exact) mass is 405 g/mol. The zero-order chi connectivity index (χ0) is 19.8. The minimum Gasteiger partial charge on any atom is -0.368 e. The number of nitrogens with zero attached hydrogens (tertiary/aromatic N) is 3. The van der Waals surface area contributed by atoms with Crippen LogP contribution in [-0.4, -0.2) is 34.3 Å². The van der Waals surface area contributed by atoms with Gasteiger partial charge in [0, 0.05) is 5.69 Å². The molecule has 10 heteroatoms. The highest BCUT2D eigenvalue weighted by molar-refractivity contribution is 7.92. The predicted octanol–water partition coefficient (Wildman–Crippen LogP) is 2.84. The average molecular weight is 406 g/mol. The summed E-state index contributed by atoms with van der Waals surface area (Å²) in [5.74, 6) is -0.234. The molecular weight excluding hydrogens is 386 g/mol. The SMILES string of the molecule is Cc1ccsc1C(=O)n1nc(Nc2ccc(S(=O)(=O)C(C)C)cc2)nc1N. The molecule has 3 aromatic rings. The van der Waals surface area contributed by atoms with Gasteiger partial charge in [-0.25, -0.2) is 8.42 Å². The van der Waals surface area contributed by atoms with Crippen LogP contribution in [0.3, 0.4) is 0 Å². The molecule has 0 aliphatic carbocycles. The van der Waals surface area contributed by atoms with Gasteiger partial charge in [-0.2, -0.15) is 9.67 Å². The number of nitrogens with one attached hydrogen (secondary N) is 1. The van der Waals surface area contributed by atoms with Crippen LogP contribution >= 0.6 is 11.3 Å². The second-order valence-corrected chi connectivity index (χ2v) is 9.61. The van der Waals surface area contributed by atoms with Gasteiger partial charge in [0.15, 0.2) is 9.84 Å². The third kappa shape index (κ3) is 3.71. The maximum atomic E-state index is 12.5. The van der Waals surface area contributed by atoms with E-state index in [1.54, 1.807) is 26.0 Å². The predicted molar refractivity (Wildman–Crippen MR) is 105 cm³/mol. The lowest BCUT2D eigenvalue weighted by molar-refractivity contribution is 0.0951. The van der Waals surface area contributed by atoms with Crippen LogP contribution in [-0.2, 0) is 9.84 Å². The molecule has 8 nitrogen and oxygen atoms in total. The molecule has 2 aromatic heterocycles. The Kier molecular flexibility index (Phi) is 5.03. The number of aryl methyl sites for hydroxylation is 1. The Balaban J connectivity index is 1.81. The number of anilines is 3. The lowest BCUT2D eigenvalue weighted by atomic mass is 10.3. The highest BCUT2D eigenvalue weighted by Gasteiger charge is 2.20. The maximum Gasteiger partial charge on any atom is 0.291 e. The topological polar surface area (TPSA) is 120 Å². The molecule has 0 saturated heterocycles. The van der Waals surface area contributed by atoms with Crippen LogP contribution in [0.2, 0.25) is 0 Å². The van der Waals surface area contributed by atoms with Gasteiger partial charge in [-0.15, -0.1) is 16.4 Å². The van der Waals surface area contributed by atoms with Crippen molar-refractivity contribution in [3.05, 3.63) is 46.2 Å². The van der Waals surface area contributed by atoms with Gasteiger partial charge in [0.1, 0.15) is 0 Å². The molecule has 0 aliphatic heterocycles. The van der Waals surface area contributed by atoms with Crippen molar-refractivity contribution in [1.82, 2.24) is 14.8 Å². The molecule has 0 aliphatic rings. The van der Waals surface area contributed by atoms with Crippen molar-refractivity contribution in [3.8, 4) is 0 Å². The molecule has 0 atom stereocenters. The molecule has 142 valence electrons. The van der Waals surface area contributed by atoms with Crippen molar-refractivity contribution in [3.63, 3.8) is 0 Å². The van der Waals surface area contributed by atoms with Crippen LogP contribution in [0.5, 0.6) is 0 Å². The largest absolute Gasteiger partial charge is 0.368 e. The summed E-state index contributed by atoms with van der Waals surface area (Å²) >= 11 is 1.31. The van der Waals surface area contributed by atoms with E-state index < -0.39 is 15.1 Å². The van der Waals surface area contributed by atoms with Crippen molar-refractivity contribution in [2.45, 2.75) is 30.9 Å². The Bertz CT molecular complexity index is 1080. The normalized spacial score (nSPS) is 11.7. The lowest BCUT2D eigenvalue weighted by Crippen LogP contribution is -2.16. The molecule has 2 heterocycles. The highest BCUT2D eigenvalue weighted by atomic mass is 32.2. The molecule has 0 spiro atoms. The fraction of sp³-hybridized carbons (Fsp3) is 0.235. The van der Waals surface area contributed by atoms with Gasteiger partial charge in [-0.05, 0) is 62.0 Å². The number of nitrogen functional groups attached to an aromatic ring is 1. The first-order chi connectivity index (χ1) is 12.7. The van der Waals surface area contributed by atoms with Crippen LogP contribution in [0.15, 0.2) is 40.6 Å². The molecule has 0 radical (unpaired) electrons. The van der Waals surface area contributed by atoms with E-state index in [1.807, 2.05) is 18.4 Å². The Morgan fingerprint density at radius 3 is 2.44 bits per heavy atom. The smallest absolute Gasteiger partial charge is 0.291 e. The van der Waals surface area contributed by atoms with Gasteiger partial charge in [0.25, 0.3) is 5.91 Å². The summed E-state index contributed by atoms with van der Waals surface area (Å²) in [7, 11) is -3.34. The summed E-state index contributed by atoms with van der Waals surface area (Å²) in [5.41, 5.74) is 7.24. The van der Waals surface area contributed by atoms with Crippen LogP contribution in [0.25, 0.3) is 0 Å². The van der Waals surface area contributed by atoms with Crippen LogP contribution in [0, 0.1) is 6.92 Å². The fourth-order valence-electron chi connectivity index (χ4n) is 2.34. The van der Waals surface area contributed by atoms with Gasteiger partial charge in [-0.3, -0.25) is 4.79 Å². The standard InChI is InChI=1S/C17H19N5O3S2/c1-10(2)27(24,25)13-6-4-12(5-7-13)19-17-20-16(18)22(21-17)15(23)14-11(3)8-9-26-14/h4-10H,1-3H3,(H3,18,19,20,21). The highest BCUT2D eigenvalue weighted by Crippen LogP contribution is 2.22. The molecule has 1 aromatic carbocycles. The van der Waals surface area contributed by atoms with Crippen molar-refractivity contribution >= 4 is 44.7 Å². The van der Waals surface area contributed by atoms with Crippen LogP contribution in [0.1, 0.15) is 29.1 Å². The van der Waals surface area contributed by atoms with Crippen LogP contribution < -0.4 is 11.1 Å². The molecular formula is C17H19N5O3S2. The third-order valence-corrected chi connectivity index (χ3v) is 7.12. The summed E-state index contributed by atoms with van der Waals surface area (Å²) in [6, 6.07) is 8.09. The van der Waals surface area contributed by atoms with E-state index >= 15 is 0 Å². The molecule has 0 amide bonds. The molecule has 27 heavy (non-hydrogen) atoms. The van der Waals surface area contributed by atoms with Gasteiger partial charge < -0.3 is 11.1 Å². The molecule has 3 rings (SSSR count). The molecule has 0 fully saturated rings. The van der Waals surface area contributed by atoms with E-state index in [0.717, 1.165) is 10.2 Å². The van der Waals surface area contributed by atoms with Gasteiger partial charge in [0.2, 0.25) is 11.9 Å². The summed E-state index contributed by atoms with van der Waals surface area (Å²) < 4.78 is 25.4. The van der Waals surface area contributed by atoms with Crippen molar-refractivity contribution in [1.29, 1.82) is 0 Å². The molecule has 0 unspecified atom stereocenters. The Morgan fingerprint density at radius 2 is 1.89 bits per heavy atom. The van der Waals surface area contributed by atoms with Gasteiger partial charge in [-0.1, -0.05) is 0 Å². The number of hydrogen-bond donors (Lipinski definition) is 2. The number of benzene rings is 1. The number of nitrogens with two attached hydrogens (primary N) is 1. The molecule has 3 N–H and O–H groups in total. The fourth-order valence-corrected chi connectivity index (χ4v) is 4.25. The van der Waals surface area contributed by atoms with Crippen LogP contribution in [0.4, 0.5) is 17.6 Å². The van der Waals surface area contributed by atoms with E-state index in [2.05, 4.69) is 15.4 Å². The Morgan fingerprint density at radius 1 is 1.22 bits per heavy atom. The zero-order valence-electron chi connectivity index (χ0n) is 15.0.